The van der Waals surface area contributed by atoms with Crippen molar-refractivity contribution >= 4 is 41.2 Å². The molecule has 64 heavy (non-hydrogen) atoms. The zero-order chi connectivity index (χ0) is 49.2. The Bertz CT molecular complexity index is 1200. The fourth-order valence-electron chi connectivity index (χ4n) is 6.43. The van der Waals surface area contributed by atoms with Gasteiger partial charge in [-0.1, -0.05) is 96.8 Å². The molecule has 0 aliphatic carbocycles. The van der Waals surface area contributed by atoms with E-state index < -0.39 is 18.0 Å². The smallest absolute Gasteiger partial charge is 0.326 e. The number of carbonyl (C=O) groups excluding carboxylic acids is 5. The van der Waals surface area contributed by atoms with E-state index in [1.807, 2.05) is 6.92 Å². The Hall–Kier alpha value is -3.55. The number of Topliss-reactive ketones (excluding diaryl/α,β-unsaturated/α-hetero) is 2. The molecule has 18 nitrogen and oxygen atoms in total. The Labute approximate surface area is 385 Å². The number of primary amides is 1. The summed E-state index contributed by atoms with van der Waals surface area (Å²) in [5.41, 5.74) is 5.25. The van der Waals surface area contributed by atoms with Crippen molar-refractivity contribution in [1.82, 2.24) is 22.1 Å². The zero-order valence-electron chi connectivity index (χ0n) is 40.7. The van der Waals surface area contributed by atoms with Crippen molar-refractivity contribution in [2.75, 3.05) is 67.0 Å². The normalized spacial score (nSPS) is 11.8. The number of methoxy groups -OCH3 is 1. The van der Waals surface area contributed by atoms with Gasteiger partial charge in [0.05, 0.1) is 25.9 Å². The molecule has 0 saturated heterocycles. The average Bonchev–Trinajstić information content (AvgIpc) is 3.27. The number of rotatable bonds is 46. The van der Waals surface area contributed by atoms with Crippen LogP contribution in [0.5, 0.6) is 0 Å². The van der Waals surface area contributed by atoms with Crippen LogP contribution in [-0.2, 0) is 52.5 Å². The second-order valence-electron chi connectivity index (χ2n) is 15.9. The summed E-state index contributed by atoms with van der Waals surface area (Å²) in [5, 5.41) is 26.0. The lowest BCUT2D eigenvalue weighted by atomic mass is 10.0. The summed E-state index contributed by atoms with van der Waals surface area (Å²) in [7, 11) is 3.28. The lowest BCUT2D eigenvalue weighted by Crippen LogP contribution is -2.41. The summed E-state index contributed by atoms with van der Waals surface area (Å²) in [6.45, 7) is 4.71. The molecule has 3 amide bonds. The summed E-state index contributed by atoms with van der Waals surface area (Å²) in [4.78, 5) is 79.8. The van der Waals surface area contributed by atoms with Crippen LogP contribution < -0.4 is 27.8 Å². The molecular weight excluding hydrogens is 831 g/mol. The third-order valence-electron chi connectivity index (χ3n) is 10.1. The van der Waals surface area contributed by atoms with Crippen LogP contribution in [0.3, 0.4) is 0 Å². The van der Waals surface area contributed by atoms with Crippen molar-refractivity contribution in [3.63, 3.8) is 0 Å². The molecule has 0 aliphatic heterocycles. The fraction of sp³-hybridized carbons (Fsp3) is 0.848. The molecule has 0 rings (SSSR count). The maximum absolute atomic E-state index is 12.1. The van der Waals surface area contributed by atoms with Crippen LogP contribution >= 0.6 is 0 Å². The number of ketones is 2. The van der Waals surface area contributed by atoms with Gasteiger partial charge in [-0.25, -0.2) is 4.79 Å². The van der Waals surface area contributed by atoms with Gasteiger partial charge in [0.2, 0.25) is 17.7 Å². The molecule has 376 valence electrons. The Morgan fingerprint density at radius 1 is 0.562 bits per heavy atom. The third-order valence-corrected chi connectivity index (χ3v) is 10.1. The molecule has 0 heterocycles. The van der Waals surface area contributed by atoms with Crippen molar-refractivity contribution in [1.29, 1.82) is 0 Å². The van der Waals surface area contributed by atoms with Gasteiger partial charge in [-0.15, -0.1) is 0 Å². The Morgan fingerprint density at radius 3 is 1.61 bits per heavy atom. The predicted molar refractivity (Wildman–Crippen MR) is 247 cm³/mol. The highest BCUT2D eigenvalue weighted by Gasteiger charge is 2.21. The number of likely N-dealkylation sites (N-methyl/N-ethyl adjacent to an activating group) is 1. The van der Waals surface area contributed by atoms with Crippen molar-refractivity contribution in [3.05, 3.63) is 0 Å². The Kier molecular flexibility index (Phi) is 47.8. The van der Waals surface area contributed by atoms with Gasteiger partial charge >= 0.3 is 11.9 Å². The van der Waals surface area contributed by atoms with Gasteiger partial charge in [0.15, 0.2) is 5.78 Å². The summed E-state index contributed by atoms with van der Waals surface area (Å²) >= 11 is 0. The second-order valence-corrected chi connectivity index (χ2v) is 15.9. The lowest BCUT2D eigenvalue weighted by molar-refractivity contribution is -0.142. The van der Waals surface area contributed by atoms with Crippen LogP contribution in [0.15, 0.2) is 0 Å². The van der Waals surface area contributed by atoms with Crippen LogP contribution in [0, 0.1) is 0 Å². The van der Waals surface area contributed by atoms with Crippen LogP contribution in [0.25, 0.3) is 0 Å². The van der Waals surface area contributed by atoms with E-state index in [0.29, 0.717) is 71.7 Å². The molecule has 0 bridgehead atoms. The predicted octanol–water partition coefficient (Wildman–Crippen LogP) is 5.98. The Morgan fingerprint density at radius 2 is 1.08 bits per heavy atom. The summed E-state index contributed by atoms with van der Waals surface area (Å²) in [6, 6.07) is -1.31. The number of hydrogen-bond acceptors (Lipinski definition) is 13. The minimum absolute atomic E-state index is 0.00693. The number of amides is 3. The van der Waals surface area contributed by atoms with E-state index in [0.717, 1.165) is 70.6 Å². The lowest BCUT2D eigenvalue weighted by Gasteiger charge is -2.14. The third kappa shape index (κ3) is 47.9. The van der Waals surface area contributed by atoms with Crippen LogP contribution in [0.1, 0.15) is 174 Å². The van der Waals surface area contributed by atoms with Crippen molar-refractivity contribution in [3.8, 4) is 0 Å². The number of hydrogen-bond donors (Lipinski definition) is 7. The molecule has 0 fully saturated rings. The fourth-order valence-corrected chi connectivity index (χ4v) is 6.43. The summed E-state index contributed by atoms with van der Waals surface area (Å²) < 4.78 is 25.9. The minimum Gasteiger partial charge on any atom is -0.481 e. The quantitative estimate of drug-likeness (QED) is 0.0346. The number of ether oxygens (including phenoxy) is 4. The first-order valence-electron chi connectivity index (χ1n) is 24.2. The van der Waals surface area contributed by atoms with E-state index in [-0.39, 0.29) is 67.8 Å². The van der Waals surface area contributed by atoms with Gasteiger partial charge in [-0.2, -0.15) is 0 Å². The molecule has 18 heteroatoms. The molecule has 0 aliphatic rings. The first-order chi connectivity index (χ1) is 31.4. The van der Waals surface area contributed by atoms with Gasteiger partial charge in [-0.3, -0.25) is 28.8 Å². The Balaban J connectivity index is -0.00000116. The van der Waals surface area contributed by atoms with Gasteiger partial charge in [0.1, 0.15) is 26.5 Å². The van der Waals surface area contributed by atoms with E-state index in [2.05, 4.69) is 22.1 Å². The first-order valence-corrected chi connectivity index (χ1v) is 23.6. The van der Waals surface area contributed by atoms with Gasteiger partial charge < -0.3 is 57.0 Å². The maximum Gasteiger partial charge on any atom is 0.326 e. The molecule has 0 radical (unpaired) electrons. The van der Waals surface area contributed by atoms with E-state index in [1.54, 1.807) is 14.2 Å². The SMILES string of the molecule is CCCOCC(=O)NCCOCCOCC(=O)CCCCC[C@H](NC)C(N)=O.COCCCC(=O)CC[C@H](NC(=O)CCCCCCCCCCCCCCCCC(=O)O)C(=O)O.[3H]N. The molecule has 0 saturated carbocycles. The van der Waals surface area contributed by atoms with E-state index in [9.17, 15) is 38.7 Å². The maximum atomic E-state index is 12.1. The average molecular weight is 922 g/mol. The van der Waals surface area contributed by atoms with Crippen molar-refractivity contribution in [2.45, 2.75) is 186 Å². The summed E-state index contributed by atoms with van der Waals surface area (Å²) in [5.74, 6) is -2.51. The van der Waals surface area contributed by atoms with Crippen molar-refractivity contribution in [2.24, 2.45) is 5.73 Å². The standard InChI is InChI=1S/C27H49NO7.C19H37N3O6.H3N/c1-35-22-16-17-23(29)20-21-24(27(33)34)28-25(30)18-14-12-10-8-6-4-2-3-5-7-9-11-13-15-19-26(31)32;1-3-10-27-15-18(24)22-9-11-26-12-13-28-14-16(23)7-5-4-6-8-17(21-2)19(20)25;/h24H,2-22H2,1H3,(H,28,30)(H,31,32)(H,33,34);17,21H,3-15H2,1-2H3,(H2,20,25)(H,22,24);1H3/t24-;17-;/m00./s1/i/hT. The van der Waals surface area contributed by atoms with Crippen LogP contribution in [-0.4, -0.2) is 130 Å². The number of carbonyl (C=O) groups is 7. The van der Waals surface area contributed by atoms with E-state index >= 15 is 0 Å². The van der Waals surface area contributed by atoms with Crippen molar-refractivity contribution < 1.29 is 64.1 Å². The van der Waals surface area contributed by atoms with Crippen LogP contribution in [0.2, 0.25) is 1.41 Å². The number of nitrogens with two attached hydrogens (primary N) is 1. The highest BCUT2D eigenvalue weighted by atomic mass is 16.5. The molecular formula is C46H89N5O13. The highest BCUT2D eigenvalue weighted by molar-refractivity contribution is 5.85. The molecule has 0 aromatic heterocycles. The zero-order valence-corrected chi connectivity index (χ0v) is 39.7. The topological polar surface area (TPSA) is 294 Å². The number of unbranched alkanes of at least 4 members (excludes halogenated alkanes) is 15. The number of aliphatic carboxylic acids is 2. The molecule has 0 unspecified atom stereocenters. The largest absolute Gasteiger partial charge is 0.481 e. The monoisotopic (exact) mass is 922 g/mol. The number of carboxylic acid groups (broad SMARTS) is 2. The molecule has 0 spiro atoms. The van der Waals surface area contributed by atoms with E-state index in [1.165, 1.54) is 44.9 Å². The van der Waals surface area contributed by atoms with Gasteiger partial charge in [0, 0.05) is 59.0 Å². The molecule has 0 aromatic carbocycles. The number of carboxylic acids is 2. The highest BCUT2D eigenvalue weighted by Crippen LogP contribution is 2.14. The van der Waals surface area contributed by atoms with E-state index in [4.69, 9.17) is 31.2 Å². The van der Waals surface area contributed by atoms with Crippen LogP contribution in [0.4, 0.5) is 0 Å². The molecule has 10 N–H and O–H groups in total. The minimum atomic E-state index is -1.10. The van der Waals surface area contributed by atoms with Gasteiger partial charge in [-0.05, 0) is 52.0 Å². The second kappa shape index (κ2) is 48.9. The van der Waals surface area contributed by atoms with Gasteiger partial charge in [0.25, 0.3) is 0 Å². The first kappa shape index (κ1) is 62.5. The molecule has 0 aromatic rings. The summed E-state index contributed by atoms with van der Waals surface area (Å²) in [6.07, 6.45) is 25.7. The molecule has 2 atom stereocenters. The number of nitrogens with one attached hydrogen (secondary N) is 3.